The van der Waals surface area contributed by atoms with Crippen LogP contribution in [-0.2, 0) is 12.1 Å². The largest absolute Gasteiger partial charge is 0.393 e. The summed E-state index contributed by atoms with van der Waals surface area (Å²) in [6, 6.07) is 4.29. The average Bonchev–Trinajstić information content (AvgIpc) is 3.42. The van der Waals surface area contributed by atoms with E-state index in [4.69, 9.17) is 4.52 Å². The molecule has 174 valence electrons. The van der Waals surface area contributed by atoms with E-state index >= 15 is 0 Å². The fourth-order valence-corrected chi connectivity index (χ4v) is 4.23. The molecule has 0 unspecified atom stereocenters. The van der Waals surface area contributed by atoms with Gasteiger partial charge in [-0.15, -0.1) is 0 Å². The summed E-state index contributed by atoms with van der Waals surface area (Å²) in [4.78, 5) is 24.4. The van der Waals surface area contributed by atoms with Gasteiger partial charge in [0.15, 0.2) is 0 Å². The fourth-order valence-electron chi connectivity index (χ4n) is 4.23. The number of fused-ring (bicyclic) bond motifs is 3. The number of aromatic nitrogens is 5. The lowest BCUT2D eigenvalue weighted by Gasteiger charge is -2.29. The van der Waals surface area contributed by atoms with E-state index in [0.717, 1.165) is 13.1 Å². The monoisotopic (exact) mass is 456 g/mol. The highest BCUT2D eigenvalue weighted by molar-refractivity contribution is 5.83. The predicted molar refractivity (Wildman–Crippen MR) is 117 cm³/mol. The van der Waals surface area contributed by atoms with Crippen molar-refractivity contribution in [2.75, 3.05) is 19.6 Å². The topological polar surface area (TPSA) is 122 Å². The van der Waals surface area contributed by atoms with Gasteiger partial charge in [0.1, 0.15) is 29.0 Å². The molecule has 0 aliphatic carbocycles. The van der Waals surface area contributed by atoms with Crippen LogP contribution in [0.15, 0.2) is 33.8 Å². The fraction of sp³-hybridized carbons (Fsp3) is 0.455. The highest BCUT2D eigenvalue weighted by atomic mass is 19.1. The van der Waals surface area contributed by atoms with Crippen LogP contribution in [0.2, 0.25) is 0 Å². The quantitative estimate of drug-likeness (QED) is 0.464. The van der Waals surface area contributed by atoms with Crippen molar-refractivity contribution >= 4 is 16.6 Å². The summed E-state index contributed by atoms with van der Waals surface area (Å²) in [6.07, 6.45) is 2.57. The van der Waals surface area contributed by atoms with E-state index in [1.165, 1.54) is 32.3 Å². The summed E-state index contributed by atoms with van der Waals surface area (Å²) in [5, 5.41) is 23.8. The van der Waals surface area contributed by atoms with Crippen molar-refractivity contribution in [1.82, 2.24) is 29.0 Å². The molecule has 0 amide bonds. The molecule has 3 aromatic heterocycles. The van der Waals surface area contributed by atoms with E-state index in [9.17, 15) is 19.4 Å². The van der Waals surface area contributed by atoms with Crippen molar-refractivity contribution in [2.24, 2.45) is 0 Å². The van der Waals surface area contributed by atoms with Crippen molar-refractivity contribution in [1.29, 1.82) is 0 Å². The molecule has 0 radical (unpaired) electrons. The maximum absolute atomic E-state index is 14.1. The Labute approximate surface area is 187 Å². The summed E-state index contributed by atoms with van der Waals surface area (Å²) in [6.45, 7) is 5.45. The minimum Gasteiger partial charge on any atom is -0.393 e. The molecule has 1 aliphatic heterocycles. The first-order valence-electron chi connectivity index (χ1n) is 10.9. The van der Waals surface area contributed by atoms with Gasteiger partial charge in [0.2, 0.25) is 5.82 Å². The lowest BCUT2D eigenvalue weighted by molar-refractivity contribution is 0.0420. The number of benzene rings is 1. The number of hydrogen-bond donors (Lipinski definition) is 2. The molecule has 4 heterocycles. The van der Waals surface area contributed by atoms with E-state index in [-0.39, 0.29) is 34.6 Å². The molecule has 1 saturated heterocycles. The molecule has 2 N–H and O–H groups in total. The van der Waals surface area contributed by atoms with Gasteiger partial charge in [-0.2, -0.15) is 4.98 Å². The predicted octanol–water partition coefficient (Wildman–Crippen LogP) is 1.52. The Kier molecular flexibility index (Phi) is 5.26. The molecule has 0 bridgehead atoms. The van der Waals surface area contributed by atoms with Crippen LogP contribution in [0.25, 0.3) is 28.1 Å². The lowest BCUT2D eigenvalue weighted by atomic mass is 10.1. The average molecular weight is 456 g/mol. The lowest BCUT2D eigenvalue weighted by Crippen LogP contribution is -2.39. The number of imidazole rings is 1. The Morgan fingerprint density at radius 2 is 1.97 bits per heavy atom. The van der Waals surface area contributed by atoms with Gasteiger partial charge in [0.05, 0.1) is 17.1 Å². The number of nitrogens with zero attached hydrogens (tertiary/aromatic N) is 6. The van der Waals surface area contributed by atoms with Crippen LogP contribution in [0, 0.1) is 5.82 Å². The number of piperidine rings is 1. The standard InChI is InChI=1S/C22H25FN6O4/c1-22(2,32)21-25-19(26-33-21)17-18-20(31)28(10-9-27-7-5-14(30)6-8-27)16-11-13(23)3-4-15(16)29(18)12-24-17/h3-4,11-12,14,30,32H,5-10H2,1-2H3. The van der Waals surface area contributed by atoms with Gasteiger partial charge in [-0.05, 0) is 44.9 Å². The minimum atomic E-state index is -1.34. The SMILES string of the molecule is CC(C)(O)c1nc(-c2ncn3c2c(=O)n(CCN2CCC(O)CC2)c2cc(F)ccc23)no1. The second-order valence-electron chi connectivity index (χ2n) is 8.96. The number of likely N-dealkylation sites (tertiary alicyclic amines) is 1. The van der Waals surface area contributed by atoms with Crippen LogP contribution in [0.5, 0.6) is 0 Å². The zero-order valence-electron chi connectivity index (χ0n) is 18.4. The molecule has 0 saturated carbocycles. The number of halogens is 1. The number of aliphatic hydroxyl groups is 2. The van der Waals surface area contributed by atoms with Crippen LogP contribution in [0.3, 0.4) is 0 Å². The molecule has 10 nitrogen and oxygen atoms in total. The Morgan fingerprint density at radius 1 is 1.21 bits per heavy atom. The van der Waals surface area contributed by atoms with Gasteiger partial charge in [0.25, 0.3) is 11.4 Å². The molecule has 4 aromatic rings. The molecular formula is C22H25FN6O4. The molecule has 1 aliphatic rings. The van der Waals surface area contributed by atoms with E-state index < -0.39 is 11.4 Å². The smallest absolute Gasteiger partial charge is 0.277 e. The molecule has 11 heteroatoms. The second kappa shape index (κ2) is 8.01. The van der Waals surface area contributed by atoms with Crippen LogP contribution < -0.4 is 5.56 Å². The van der Waals surface area contributed by atoms with Gasteiger partial charge in [-0.3, -0.25) is 9.20 Å². The summed E-state index contributed by atoms with van der Waals surface area (Å²) >= 11 is 0. The molecule has 1 aromatic carbocycles. The maximum atomic E-state index is 14.1. The Morgan fingerprint density at radius 3 is 2.67 bits per heavy atom. The Balaban J connectivity index is 1.63. The van der Waals surface area contributed by atoms with Gasteiger partial charge < -0.3 is 24.2 Å². The van der Waals surface area contributed by atoms with Crippen LogP contribution >= 0.6 is 0 Å². The number of hydrogen-bond acceptors (Lipinski definition) is 8. The highest BCUT2D eigenvalue weighted by Crippen LogP contribution is 2.25. The van der Waals surface area contributed by atoms with Crippen LogP contribution in [0.4, 0.5) is 4.39 Å². The van der Waals surface area contributed by atoms with Gasteiger partial charge in [0, 0.05) is 26.2 Å². The first-order chi connectivity index (χ1) is 15.7. The summed E-state index contributed by atoms with van der Waals surface area (Å²) < 4.78 is 22.4. The van der Waals surface area contributed by atoms with E-state index in [0.29, 0.717) is 37.0 Å². The molecule has 33 heavy (non-hydrogen) atoms. The normalized spacial score (nSPS) is 16.3. The molecule has 0 spiro atoms. The Hall–Kier alpha value is -3.15. The summed E-state index contributed by atoms with van der Waals surface area (Å²) in [5.41, 5.74) is -0.157. The highest BCUT2D eigenvalue weighted by Gasteiger charge is 2.27. The molecule has 1 fully saturated rings. The third-order valence-corrected chi connectivity index (χ3v) is 6.06. The summed E-state index contributed by atoms with van der Waals surface area (Å²) in [7, 11) is 0. The first kappa shape index (κ1) is 21.7. The van der Waals surface area contributed by atoms with Gasteiger partial charge >= 0.3 is 0 Å². The zero-order chi connectivity index (χ0) is 23.3. The maximum Gasteiger partial charge on any atom is 0.277 e. The van der Waals surface area contributed by atoms with E-state index in [1.807, 2.05) is 0 Å². The zero-order valence-corrected chi connectivity index (χ0v) is 18.4. The second-order valence-corrected chi connectivity index (χ2v) is 8.96. The third-order valence-electron chi connectivity index (χ3n) is 6.06. The molecule has 0 atom stereocenters. The van der Waals surface area contributed by atoms with Crippen molar-refractivity contribution in [3.05, 3.63) is 46.6 Å². The van der Waals surface area contributed by atoms with E-state index in [2.05, 4.69) is 20.0 Å². The van der Waals surface area contributed by atoms with Crippen LogP contribution in [-0.4, -0.2) is 64.9 Å². The molecular weight excluding hydrogens is 431 g/mol. The van der Waals surface area contributed by atoms with Crippen molar-refractivity contribution in [3.63, 3.8) is 0 Å². The first-order valence-corrected chi connectivity index (χ1v) is 10.9. The summed E-state index contributed by atoms with van der Waals surface area (Å²) in [5.74, 6) is -0.344. The van der Waals surface area contributed by atoms with Gasteiger partial charge in [-0.25, -0.2) is 9.37 Å². The van der Waals surface area contributed by atoms with Crippen molar-refractivity contribution in [3.8, 4) is 11.5 Å². The van der Waals surface area contributed by atoms with E-state index in [1.54, 1.807) is 15.0 Å². The molecule has 5 rings (SSSR count). The minimum absolute atomic E-state index is 0.00845. The van der Waals surface area contributed by atoms with Crippen LogP contribution in [0.1, 0.15) is 32.6 Å². The van der Waals surface area contributed by atoms with Crippen molar-refractivity contribution in [2.45, 2.75) is 44.9 Å². The number of aliphatic hydroxyl groups excluding tert-OH is 1. The number of rotatable bonds is 5. The third kappa shape index (κ3) is 3.92. The Bertz CT molecular complexity index is 1380. The van der Waals surface area contributed by atoms with Gasteiger partial charge in [-0.1, -0.05) is 5.16 Å². The van der Waals surface area contributed by atoms with Crippen molar-refractivity contribution < 1.29 is 19.1 Å².